The Morgan fingerprint density at radius 3 is 2.87 bits per heavy atom. The van der Waals surface area contributed by atoms with Gasteiger partial charge in [0.2, 0.25) is 0 Å². The molecule has 2 aromatic rings. The Balaban J connectivity index is 1.59. The molecule has 1 saturated heterocycles. The second-order valence-corrected chi connectivity index (χ2v) is 7.26. The first kappa shape index (κ1) is 22.2. The van der Waals surface area contributed by atoms with Crippen LogP contribution in [0.15, 0.2) is 48.8 Å². The fourth-order valence-corrected chi connectivity index (χ4v) is 3.36. The molecular formula is C23H31N3O4. The van der Waals surface area contributed by atoms with Gasteiger partial charge in [-0.25, -0.2) is 4.79 Å². The molecule has 0 saturated carbocycles. The lowest BCUT2D eigenvalue weighted by Crippen LogP contribution is -2.39. The highest BCUT2D eigenvalue weighted by atomic mass is 16.5. The third-order valence-corrected chi connectivity index (χ3v) is 4.85. The molecule has 0 radical (unpaired) electrons. The highest BCUT2D eigenvalue weighted by Gasteiger charge is 2.23. The molecule has 1 aromatic heterocycles. The molecule has 7 heteroatoms. The molecular weight excluding hydrogens is 382 g/mol. The number of nitrogens with one attached hydrogen (secondary N) is 1. The summed E-state index contributed by atoms with van der Waals surface area (Å²) in [5, 5.41) is 3.02. The average molecular weight is 414 g/mol. The van der Waals surface area contributed by atoms with Crippen LogP contribution in [0.2, 0.25) is 0 Å². The third kappa shape index (κ3) is 7.40. The molecule has 0 spiro atoms. The lowest BCUT2D eigenvalue weighted by atomic mass is 10.2. The summed E-state index contributed by atoms with van der Waals surface area (Å²) < 4.78 is 16.6. The second kappa shape index (κ2) is 12.3. The van der Waals surface area contributed by atoms with Gasteiger partial charge in [-0.05, 0) is 49.1 Å². The van der Waals surface area contributed by atoms with Gasteiger partial charge in [-0.15, -0.1) is 0 Å². The van der Waals surface area contributed by atoms with E-state index in [1.807, 2.05) is 43.3 Å². The SMILES string of the molecule is CCOCCOCc1cccc(NC(=O)N(Cc2cccnc2)CC2CCCO2)c1. The first-order chi connectivity index (χ1) is 14.7. The zero-order valence-electron chi connectivity index (χ0n) is 17.6. The lowest BCUT2D eigenvalue weighted by molar-refractivity contribution is 0.0453. The summed E-state index contributed by atoms with van der Waals surface area (Å²) in [7, 11) is 0. The number of aromatic nitrogens is 1. The van der Waals surface area contributed by atoms with E-state index in [0.717, 1.165) is 36.3 Å². The average Bonchev–Trinajstić information content (AvgIpc) is 3.27. The van der Waals surface area contributed by atoms with Crippen molar-refractivity contribution in [3.05, 3.63) is 59.9 Å². The molecule has 0 aliphatic carbocycles. The van der Waals surface area contributed by atoms with Crippen molar-refractivity contribution in [3.63, 3.8) is 0 Å². The van der Waals surface area contributed by atoms with Crippen molar-refractivity contribution in [2.45, 2.75) is 39.0 Å². The predicted molar refractivity (Wildman–Crippen MR) is 115 cm³/mol. The molecule has 1 fully saturated rings. The maximum atomic E-state index is 13.0. The minimum atomic E-state index is -0.149. The van der Waals surface area contributed by atoms with Gasteiger partial charge in [-0.2, -0.15) is 0 Å². The summed E-state index contributed by atoms with van der Waals surface area (Å²) in [6.07, 6.45) is 5.62. The van der Waals surface area contributed by atoms with Crippen LogP contribution in [0.5, 0.6) is 0 Å². The van der Waals surface area contributed by atoms with E-state index >= 15 is 0 Å². The molecule has 1 aromatic carbocycles. The Hall–Kier alpha value is -2.48. The normalized spacial score (nSPS) is 15.8. The summed E-state index contributed by atoms with van der Waals surface area (Å²) in [5.41, 5.74) is 2.73. The van der Waals surface area contributed by atoms with Gasteiger partial charge in [0, 0.05) is 44.4 Å². The van der Waals surface area contributed by atoms with E-state index in [4.69, 9.17) is 14.2 Å². The van der Waals surface area contributed by atoms with Gasteiger partial charge in [-0.3, -0.25) is 4.98 Å². The van der Waals surface area contributed by atoms with Crippen molar-refractivity contribution in [3.8, 4) is 0 Å². The van der Waals surface area contributed by atoms with E-state index in [-0.39, 0.29) is 12.1 Å². The van der Waals surface area contributed by atoms with Crippen LogP contribution in [0.25, 0.3) is 0 Å². The molecule has 2 heterocycles. The van der Waals surface area contributed by atoms with E-state index in [0.29, 0.717) is 39.5 Å². The number of amides is 2. The third-order valence-electron chi connectivity index (χ3n) is 4.85. The molecule has 7 nitrogen and oxygen atoms in total. The van der Waals surface area contributed by atoms with Gasteiger partial charge in [0.05, 0.1) is 25.9 Å². The van der Waals surface area contributed by atoms with Gasteiger partial charge >= 0.3 is 6.03 Å². The second-order valence-electron chi connectivity index (χ2n) is 7.26. The summed E-state index contributed by atoms with van der Waals surface area (Å²) in [6, 6.07) is 11.4. The minimum Gasteiger partial charge on any atom is -0.379 e. The summed E-state index contributed by atoms with van der Waals surface area (Å²) >= 11 is 0. The van der Waals surface area contributed by atoms with Crippen LogP contribution in [-0.2, 0) is 27.4 Å². The number of carbonyl (C=O) groups is 1. The van der Waals surface area contributed by atoms with Gasteiger partial charge < -0.3 is 24.4 Å². The molecule has 0 bridgehead atoms. The lowest BCUT2D eigenvalue weighted by Gasteiger charge is -2.26. The fraction of sp³-hybridized carbons (Fsp3) is 0.478. The smallest absolute Gasteiger partial charge is 0.322 e. The Morgan fingerprint density at radius 1 is 1.23 bits per heavy atom. The fourth-order valence-electron chi connectivity index (χ4n) is 3.36. The summed E-state index contributed by atoms with van der Waals surface area (Å²) in [5.74, 6) is 0. The van der Waals surface area contributed by atoms with E-state index < -0.39 is 0 Å². The Morgan fingerprint density at radius 2 is 2.10 bits per heavy atom. The van der Waals surface area contributed by atoms with Crippen LogP contribution in [0.3, 0.4) is 0 Å². The molecule has 1 aliphatic rings. The van der Waals surface area contributed by atoms with Crippen LogP contribution in [0, 0.1) is 0 Å². The maximum Gasteiger partial charge on any atom is 0.322 e. The quantitative estimate of drug-likeness (QED) is 0.567. The molecule has 3 rings (SSSR count). The number of rotatable bonds is 11. The predicted octanol–water partition coefficient (Wildman–Crippen LogP) is 3.85. The first-order valence-electron chi connectivity index (χ1n) is 10.6. The van der Waals surface area contributed by atoms with E-state index in [1.165, 1.54) is 0 Å². The summed E-state index contributed by atoms with van der Waals surface area (Å²) in [6.45, 7) is 6.06. The van der Waals surface area contributed by atoms with Crippen molar-refractivity contribution < 1.29 is 19.0 Å². The molecule has 1 aliphatic heterocycles. The van der Waals surface area contributed by atoms with Crippen LogP contribution in [0.4, 0.5) is 10.5 Å². The zero-order chi connectivity index (χ0) is 21.0. The monoisotopic (exact) mass is 413 g/mol. The molecule has 30 heavy (non-hydrogen) atoms. The standard InChI is InChI=1S/C23H31N3O4/c1-2-28-12-13-29-18-19-6-3-8-21(14-19)25-23(27)26(17-22-9-5-11-30-22)16-20-7-4-10-24-15-20/h3-4,6-8,10,14-15,22H,2,5,9,11-13,16-18H2,1H3,(H,25,27). The van der Waals surface area contributed by atoms with Crippen LogP contribution in [-0.4, -0.2) is 55.0 Å². The molecule has 1 atom stereocenters. The molecule has 1 unspecified atom stereocenters. The maximum absolute atomic E-state index is 13.0. The van der Waals surface area contributed by atoms with Crippen molar-refractivity contribution in [2.24, 2.45) is 0 Å². The van der Waals surface area contributed by atoms with Crippen molar-refractivity contribution in [1.82, 2.24) is 9.88 Å². The number of anilines is 1. The summed E-state index contributed by atoms with van der Waals surface area (Å²) in [4.78, 5) is 19.0. The van der Waals surface area contributed by atoms with Gasteiger partial charge in [0.25, 0.3) is 0 Å². The van der Waals surface area contributed by atoms with Crippen molar-refractivity contribution in [1.29, 1.82) is 0 Å². The topological polar surface area (TPSA) is 72.9 Å². The number of pyridine rings is 1. The van der Waals surface area contributed by atoms with Crippen molar-refractivity contribution >= 4 is 11.7 Å². The number of hydrogen-bond donors (Lipinski definition) is 1. The Kier molecular flexibility index (Phi) is 9.08. The van der Waals surface area contributed by atoms with E-state index in [2.05, 4.69) is 10.3 Å². The van der Waals surface area contributed by atoms with Crippen LogP contribution < -0.4 is 5.32 Å². The number of nitrogens with zero attached hydrogens (tertiary/aromatic N) is 2. The minimum absolute atomic E-state index is 0.0810. The Labute approximate surface area is 178 Å². The highest BCUT2D eigenvalue weighted by molar-refractivity contribution is 5.89. The number of urea groups is 1. The van der Waals surface area contributed by atoms with Gasteiger partial charge in [-0.1, -0.05) is 18.2 Å². The van der Waals surface area contributed by atoms with Gasteiger partial charge in [0.15, 0.2) is 0 Å². The zero-order valence-corrected chi connectivity index (χ0v) is 17.6. The number of benzene rings is 1. The largest absolute Gasteiger partial charge is 0.379 e. The molecule has 2 amide bonds. The Bertz CT molecular complexity index is 766. The number of hydrogen-bond acceptors (Lipinski definition) is 5. The number of ether oxygens (including phenoxy) is 3. The first-order valence-corrected chi connectivity index (χ1v) is 10.6. The van der Waals surface area contributed by atoms with E-state index in [9.17, 15) is 4.79 Å². The van der Waals surface area contributed by atoms with E-state index in [1.54, 1.807) is 17.3 Å². The van der Waals surface area contributed by atoms with Crippen molar-refractivity contribution in [2.75, 3.05) is 38.3 Å². The van der Waals surface area contributed by atoms with Crippen LogP contribution in [0.1, 0.15) is 30.9 Å². The molecule has 1 N–H and O–H groups in total. The van der Waals surface area contributed by atoms with Crippen LogP contribution >= 0.6 is 0 Å². The highest BCUT2D eigenvalue weighted by Crippen LogP contribution is 2.17. The number of carbonyl (C=O) groups excluding carboxylic acids is 1. The van der Waals surface area contributed by atoms with Gasteiger partial charge in [0.1, 0.15) is 0 Å². The molecule has 162 valence electrons.